The molecule has 0 N–H and O–H groups in total. The van der Waals surface area contributed by atoms with Crippen LogP contribution in [0.4, 0.5) is 0 Å². The molecule has 0 spiro atoms. The molecule has 0 fully saturated rings. The standard InChI is InChI=1S/C11H8Cl2N2O2/c1-17-10-8(5-7(12)6-9(10)13)11(16)15-4-2-3-14-15/h2-6H,1H3. The van der Waals surface area contributed by atoms with E-state index in [1.165, 1.54) is 36.3 Å². The number of hydrogen-bond donors (Lipinski definition) is 0. The van der Waals surface area contributed by atoms with Gasteiger partial charge in [0.2, 0.25) is 0 Å². The minimum atomic E-state index is -0.351. The average Bonchev–Trinajstić information content (AvgIpc) is 2.80. The van der Waals surface area contributed by atoms with Crippen LogP contribution in [0.1, 0.15) is 10.4 Å². The first-order valence-electron chi connectivity index (χ1n) is 4.71. The van der Waals surface area contributed by atoms with Crippen molar-refractivity contribution in [1.82, 2.24) is 9.78 Å². The van der Waals surface area contributed by atoms with E-state index in [0.717, 1.165) is 0 Å². The quantitative estimate of drug-likeness (QED) is 0.843. The van der Waals surface area contributed by atoms with Crippen LogP contribution >= 0.6 is 23.2 Å². The molecule has 0 radical (unpaired) electrons. The van der Waals surface area contributed by atoms with Crippen LogP contribution in [-0.4, -0.2) is 22.8 Å². The van der Waals surface area contributed by atoms with Gasteiger partial charge in [-0.2, -0.15) is 5.10 Å². The van der Waals surface area contributed by atoms with Gasteiger partial charge in [0, 0.05) is 17.4 Å². The molecule has 0 amide bonds. The van der Waals surface area contributed by atoms with Gasteiger partial charge in [0.1, 0.15) is 5.75 Å². The Hall–Kier alpha value is -1.52. The molecule has 0 bridgehead atoms. The Morgan fingerprint density at radius 2 is 2.18 bits per heavy atom. The highest BCUT2D eigenvalue weighted by atomic mass is 35.5. The van der Waals surface area contributed by atoms with Gasteiger partial charge in [0.25, 0.3) is 5.91 Å². The summed E-state index contributed by atoms with van der Waals surface area (Å²) in [4.78, 5) is 12.1. The Kier molecular flexibility index (Phi) is 3.36. The Bertz CT molecular complexity index is 553. The van der Waals surface area contributed by atoms with Crippen molar-refractivity contribution in [3.05, 3.63) is 46.2 Å². The van der Waals surface area contributed by atoms with E-state index in [9.17, 15) is 4.79 Å². The molecular weight excluding hydrogens is 263 g/mol. The number of aromatic nitrogens is 2. The first-order valence-corrected chi connectivity index (χ1v) is 5.46. The van der Waals surface area contributed by atoms with Crippen LogP contribution in [0.5, 0.6) is 5.75 Å². The van der Waals surface area contributed by atoms with Crippen LogP contribution in [0.15, 0.2) is 30.6 Å². The van der Waals surface area contributed by atoms with Crippen molar-refractivity contribution in [2.75, 3.05) is 7.11 Å². The molecular formula is C11H8Cl2N2O2. The summed E-state index contributed by atoms with van der Waals surface area (Å²) in [6.07, 6.45) is 3.05. The molecule has 6 heteroatoms. The van der Waals surface area contributed by atoms with Gasteiger partial charge in [-0.15, -0.1) is 0 Å². The molecule has 4 nitrogen and oxygen atoms in total. The first kappa shape index (κ1) is 12.0. The Balaban J connectivity index is 2.55. The molecule has 0 saturated carbocycles. The predicted octanol–water partition coefficient (Wildman–Crippen LogP) is 2.89. The molecule has 0 atom stereocenters. The summed E-state index contributed by atoms with van der Waals surface area (Å²) in [5.74, 6) is -0.0622. The molecule has 1 aromatic heterocycles. The topological polar surface area (TPSA) is 44.1 Å². The summed E-state index contributed by atoms with van der Waals surface area (Å²) in [6.45, 7) is 0. The first-order chi connectivity index (χ1) is 8.13. The number of methoxy groups -OCH3 is 1. The van der Waals surface area contributed by atoms with Crippen LogP contribution in [-0.2, 0) is 0 Å². The summed E-state index contributed by atoms with van der Waals surface area (Å²) >= 11 is 11.8. The normalized spacial score (nSPS) is 10.3. The number of halogens is 2. The number of benzene rings is 1. The number of carbonyl (C=O) groups is 1. The van der Waals surface area contributed by atoms with E-state index in [2.05, 4.69) is 5.10 Å². The molecule has 2 rings (SSSR count). The van der Waals surface area contributed by atoms with Gasteiger partial charge >= 0.3 is 0 Å². The predicted molar refractivity (Wildman–Crippen MR) is 65.0 cm³/mol. The highest BCUT2D eigenvalue weighted by Gasteiger charge is 2.18. The molecule has 0 saturated heterocycles. The van der Waals surface area contributed by atoms with E-state index in [-0.39, 0.29) is 22.2 Å². The summed E-state index contributed by atoms with van der Waals surface area (Å²) in [5.41, 5.74) is 0.272. The number of nitrogens with zero attached hydrogens (tertiary/aromatic N) is 2. The van der Waals surface area contributed by atoms with Crippen molar-refractivity contribution in [3.8, 4) is 5.75 Å². The van der Waals surface area contributed by atoms with E-state index >= 15 is 0 Å². The lowest BCUT2D eigenvalue weighted by Crippen LogP contribution is -2.13. The van der Waals surface area contributed by atoms with Gasteiger partial charge in [-0.3, -0.25) is 4.79 Å². The van der Waals surface area contributed by atoms with Crippen molar-refractivity contribution in [1.29, 1.82) is 0 Å². The minimum absolute atomic E-state index is 0.272. The molecule has 0 aliphatic carbocycles. The van der Waals surface area contributed by atoms with Crippen LogP contribution in [0.3, 0.4) is 0 Å². The fraction of sp³-hybridized carbons (Fsp3) is 0.0909. The lowest BCUT2D eigenvalue weighted by Gasteiger charge is -2.09. The van der Waals surface area contributed by atoms with Crippen LogP contribution in [0.25, 0.3) is 0 Å². The number of carbonyl (C=O) groups excluding carboxylic acids is 1. The second-order valence-corrected chi connectivity index (χ2v) is 4.07. The van der Waals surface area contributed by atoms with Gasteiger partial charge < -0.3 is 4.74 Å². The average molecular weight is 271 g/mol. The van der Waals surface area contributed by atoms with Gasteiger partial charge in [-0.05, 0) is 18.2 Å². The van der Waals surface area contributed by atoms with Gasteiger partial charge in [0.05, 0.1) is 17.7 Å². The molecule has 2 aromatic rings. The molecule has 1 aromatic carbocycles. The van der Waals surface area contributed by atoms with E-state index in [4.69, 9.17) is 27.9 Å². The maximum Gasteiger partial charge on any atom is 0.282 e. The molecule has 17 heavy (non-hydrogen) atoms. The number of hydrogen-bond acceptors (Lipinski definition) is 3. The van der Waals surface area contributed by atoms with Crippen LogP contribution in [0, 0.1) is 0 Å². The molecule has 0 unspecified atom stereocenters. The lowest BCUT2D eigenvalue weighted by molar-refractivity contribution is 0.0942. The smallest absolute Gasteiger partial charge is 0.282 e. The second kappa shape index (κ2) is 4.77. The Morgan fingerprint density at radius 3 is 2.76 bits per heavy atom. The molecule has 88 valence electrons. The van der Waals surface area contributed by atoms with Crippen molar-refractivity contribution < 1.29 is 9.53 Å². The zero-order valence-corrected chi connectivity index (χ0v) is 10.4. The summed E-state index contributed by atoms with van der Waals surface area (Å²) in [7, 11) is 1.44. The molecule has 0 aliphatic heterocycles. The number of ether oxygens (including phenoxy) is 1. The lowest BCUT2D eigenvalue weighted by atomic mass is 10.2. The summed E-state index contributed by atoms with van der Waals surface area (Å²) in [5, 5.41) is 4.51. The Morgan fingerprint density at radius 1 is 1.41 bits per heavy atom. The van der Waals surface area contributed by atoms with Gasteiger partial charge in [0.15, 0.2) is 0 Å². The highest BCUT2D eigenvalue weighted by Crippen LogP contribution is 2.32. The minimum Gasteiger partial charge on any atom is -0.494 e. The number of rotatable bonds is 2. The van der Waals surface area contributed by atoms with Crippen molar-refractivity contribution in [3.63, 3.8) is 0 Å². The van der Waals surface area contributed by atoms with E-state index in [0.29, 0.717) is 5.02 Å². The van der Waals surface area contributed by atoms with E-state index < -0.39 is 0 Å². The fourth-order valence-electron chi connectivity index (χ4n) is 1.44. The monoisotopic (exact) mass is 270 g/mol. The summed E-state index contributed by atoms with van der Waals surface area (Å²) in [6, 6.07) is 4.66. The second-order valence-electron chi connectivity index (χ2n) is 3.22. The SMILES string of the molecule is COc1c(Cl)cc(Cl)cc1C(=O)n1cccn1. The van der Waals surface area contributed by atoms with E-state index in [1.54, 1.807) is 6.07 Å². The molecule has 1 heterocycles. The zero-order chi connectivity index (χ0) is 12.4. The third kappa shape index (κ3) is 2.28. The zero-order valence-electron chi connectivity index (χ0n) is 8.85. The van der Waals surface area contributed by atoms with Crippen LogP contribution < -0.4 is 4.74 Å². The van der Waals surface area contributed by atoms with Crippen molar-refractivity contribution in [2.45, 2.75) is 0 Å². The molecule has 0 aliphatic rings. The van der Waals surface area contributed by atoms with Crippen molar-refractivity contribution >= 4 is 29.1 Å². The van der Waals surface area contributed by atoms with Gasteiger partial charge in [-0.1, -0.05) is 23.2 Å². The third-order valence-electron chi connectivity index (χ3n) is 2.16. The summed E-state index contributed by atoms with van der Waals surface area (Å²) < 4.78 is 6.28. The highest BCUT2D eigenvalue weighted by molar-refractivity contribution is 6.36. The Labute approximate surface area is 108 Å². The van der Waals surface area contributed by atoms with Gasteiger partial charge in [-0.25, -0.2) is 4.68 Å². The van der Waals surface area contributed by atoms with E-state index in [1.807, 2.05) is 0 Å². The van der Waals surface area contributed by atoms with Crippen molar-refractivity contribution in [2.24, 2.45) is 0 Å². The largest absolute Gasteiger partial charge is 0.494 e. The maximum absolute atomic E-state index is 12.1. The fourth-order valence-corrected chi connectivity index (χ4v) is 2.01. The third-order valence-corrected chi connectivity index (χ3v) is 2.65. The maximum atomic E-state index is 12.1. The van der Waals surface area contributed by atoms with Crippen LogP contribution in [0.2, 0.25) is 10.0 Å².